The van der Waals surface area contributed by atoms with E-state index < -0.39 is 6.03 Å². The first kappa shape index (κ1) is 21.7. The molecule has 0 radical (unpaired) electrons. The average molecular weight is 419 g/mol. The number of hydrogen-bond acceptors (Lipinski definition) is 5. The van der Waals surface area contributed by atoms with Gasteiger partial charge in [-0.3, -0.25) is 0 Å². The van der Waals surface area contributed by atoms with Crippen LogP contribution >= 0.6 is 0 Å². The molecule has 0 saturated heterocycles. The topological polar surface area (TPSA) is 81.2 Å². The molecule has 0 aliphatic rings. The number of methoxy groups -OCH3 is 1. The fourth-order valence-electron chi connectivity index (χ4n) is 2.70. The molecule has 0 spiro atoms. The van der Waals surface area contributed by atoms with E-state index in [4.69, 9.17) is 14.2 Å². The van der Waals surface area contributed by atoms with Crippen molar-refractivity contribution in [2.75, 3.05) is 25.6 Å². The number of anilines is 1. The minimum atomic E-state index is -0.412. The van der Waals surface area contributed by atoms with Gasteiger partial charge in [0.15, 0.2) is 11.5 Å². The molecule has 3 rings (SSSR count). The molecule has 0 aliphatic heterocycles. The summed E-state index contributed by atoms with van der Waals surface area (Å²) in [5, 5.41) is 6.65. The summed E-state index contributed by atoms with van der Waals surface area (Å²) in [5.41, 5.74) is 3.94. The van der Waals surface area contributed by atoms with Crippen molar-refractivity contribution in [3.05, 3.63) is 84.4 Å². The van der Waals surface area contributed by atoms with Gasteiger partial charge in [-0.15, -0.1) is 0 Å². The molecular weight excluding hydrogens is 394 g/mol. The van der Waals surface area contributed by atoms with Crippen LogP contribution in [0.15, 0.2) is 84.0 Å². The molecule has 0 bridgehead atoms. The molecule has 0 aliphatic carbocycles. The fourth-order valence-corrected chi connectivity index (χ4v) is 2.70. The zero-order valence-corrected chi connectivity index (χ0v) is 17.3. The Morgan fingerprint density at radius 3 is 2.45 bits per heavy atom. The molecule has 160 valence electrons. The molecular formula is C24H25N3O4. The second-order valence-electron chi connectivity index (χ2n) is 6.46. The third-order valence-electron chi connectivity index (χ3n) is 4.15. The van der Waals surface area contributed by atoms with Crippen LogP contribution in [0.25, 0.3) is 0 Å². The number of amides is 2. The highest BCUT2D eigenvalue weighted by atomic mass is 16.5. The lowest BCUT2D eigenvalue weighted by atomic mass is 10.2. The van der Waals surface area contributed by atoms with Crippen LogP contribution in [0.5, 0.6) is 17.2 Å². The fraction of sp³-hybridized carbons (Fsp3) is 0.167. The highest BCUT2D eigenvalue weighted by molar-refractivity contribution is 5.90. The van der Waals surface area contributed by atoms with Gasteiger partial charge in [-0.25, -0.2) is 10.2 Å². The van der Waals surface area contributed by atoms with E-state index in [-0.39, 0.29) is 0 Å². The van der Waals surface area contributed by atoms with Gasteiger partial charge in [-0.1, -0.05) is 42.5 Å². The van der Waals surface area contributed by atoms with Gasteiger partial charge in [0.2, 0.25) is 0 Å². The number of carbonyl (C=O) groups is 1. The molecule has 2 amide bonds. The third kappa shape index (κ3) is 7.40. The number of carbonyl (C=O) groups excluding carboxylic acids is 1. The zero-order chi connectivity index (χ0) is 21.7. The van der Waals surface area contributed by atoms with Crippen molar-refractivity contribution < 1.29 is 19.0 Å². The Morgan fingerprint density at radius 1 is 0.903 bits per heavy atom. The van der Waals surface area contributed by atoms with Gasteiger partial charge in [-0.05, 0) is 42.0 Å². The SMILES string of the molecule is COc1ccccc1OCCCOc1cccc(C=NNC(=O)Nc2ccccc2)c1. The van der Waals surface area contributed by atoms with Crippen LogP contribution in [0.4, 0.5) is 10.5 Å². The highest BCUT2D eigenvalue weighted by Crippen LogP contribution is 2.25. The van der Waals surface area contributed by atoms with Crippen LogP contribution < -0.4 is 25.0 Å². The highest BCUT2D eigenvalue weighted by Gasteiger charge is 2.02. The Kier molecular flexibility index (Phi) is 8.31. The summed E-state index contributed by atoms with van der Waals surface area (Å²) >= 11 is 0. The zero-order valence-electron chi connectivity index (χ0n) is 17.3. The number of para-hydroxylation sites is 3. The molecule has 2 N–H and O–H groups in total. The standard InChI is InChI=1S/C24H25N3O4/c1-29-22-13-5-6-14-23(22)31-16-8-15-30-21-12-7-9-19(17-21)18-25-27-24(28)26-20-10-3-2-4-11-20/h2-7,9-14,17-18H,8,15-16H2,1H3,(H2,26,27,28). The van der Waals surface area contributed by atoms with Crippen LogP contribution in [0.1, 0.15) is 12.0 Å². The summed E-state index contributed by atoms with van der Waals surface area (Å²) in [6.07, 6.45) is 2.28. The summed E-state index contributed by atoms with van der Waals surface area (Å²) in [4.78, 5) is 11.8. The molecule has 3 aromatic rings. The molecule has 0 saturated carbocycles. The molecule has 0 unspecified atom stereocenters. The van der Waals surface area contributed by atoms with E-state index in [1.54, 1.807) is 25.5 Å². The van der Waals surface area contributed by atoms with E-state index in [9.17, 15) is 4.79 Å². The minimum Gasteiger partial charge on any atom is -0.493 e. The number of rotatable bonds is 10. The number of hydrogen-bond donors (Lipinski definition) is 2. The third-order valence-corrected chi connectivity index (χ3v) is 4.15. The van der Waals surface area contributed by atoms with Crippen molar-refractivity contribution in [1.29, 1.82) is 0 Å². The maximum Gasteiger partial charge on any atom is 0.339 e. The lowest BCUT2D eigenvalue weighted by molar-refractivity contribution is 0.240. The largest absolute Gasteiger partial charge is 0.493 e. The number of urea groups is 1. The molecule has 0 aromatic heterocycles. The summed E-state index contributed by atoms with van der Waals surface area (Å²) in [6, 6.07) is 23.7. The number of nitrogens with one attached hydrogen (secondary N) is 2. The Hall–Kier alpha value is -4.00. The molecule has 7 nitrogen and oxygen atoms in total. The normalized spacial score (nSPS) is 10.5. The maximum absolute atomic E-state index is 11.8. The lowest BCUT2D eigenvalue weighted by Crippen LogP contribution is -2.24. The quantitative estimate of drug-likeness (QED) is 0.284. The lowest BCUT2D eigenvalue weighted by Gasteiger charge is -2.11. The molecule has 31 heavy (non-hydrogen) atoms. The Bertz CT molecular complexity index is 993. The van der Waals surface area contributed by atoms with Crippen LogP contribution in [0.3, 0.4) is 0 Å². The molecule has 3 aromatic carbocycles. The van der Waals surface area contributed by atoms with Crippen molar-refractivity contribution >= 4 is 17.9 Å². The Labute approximate surface area is 181 Å². The van der Waals surface area contributed by atoms with Gasteiger partial charge >= 0.3 is 6.03 Å². The van der Waals surface area contributed by atoms with Crippen molar-refractivity contribution in [2.24, 2.45) is 5.10 Å². The summed E-state index contributed by atoms with van der Waals surface area (Å²) in [7, 11) is 1.62. The second kappa shape index (κ2) is 11.9. The first-order valence-electron chi connectivity index (χ1n) is 9.88. The van der Waals surface area contributed by atoms with Crippen LogP contribution in [-0.4, -0.2) is 32.6 Å². The van der Waals surface area contributed by atoms with Crippen LogP contribution in [-0.2, 0) is 0 Å². The van der Waals surface area contributed by atoms with Gasteiger partial charge in [0.05, 0.1) is 26.5 Å². The monoisotopic (exact) mass is 419 g/mol. The van der Waals surface area contributed by atoms with Crippen LogP contribution in [0, 0.1) is 0 Å². The number of ether oxygens (including phenoxy) is 3. The van der Waals surface area contributed by atoms with Crippen molar-refractivity contribution in [2.45, 2.75) is 6.42 Å². The predicted octanol–water partition coefficient (Wildman–Crippen LogP) is 4.70. The van der Waals surface area contributed by atoms with Crippen molar-refractivity contribution in [3.63, 3.8) is 0 Å². The van der Waals surface area contributed by atoms with Gasteiger partial charge < -0.3 is 19.5 Å². The second-order valence-corrected chi connectivity index (χ2v) is 6.46. The van der Waals surface area contributed by atoms with E-state index in [1.807, 2.05) is 66.7 Å². The molecule has 0 heterocycles. The van der Waals surface area contributed by atoms with E-state index in [2.05, 4.69) is 15.8 Å². The smallest absolute Gasteiger partial charge is 0.339 e. The first-order chi connectivity index (χ1) is 15.2. The Balaban J connectivity index is 1.39. The molecule has 0 fully saturated rings. The van der Waals surface area contributed by atoms with Gasteiger partial charge in [0.1, 0.15) is 5.75 Å². The molecule has 7 heteroatoms. The van der Waals surface area contributed by atoms with Crippen molar-refractivity contribution in [3.8, 4) is 17.2 Å². The van der Waals surface area contributed by atoms with Gasteiger partial charge in [-0.2, -0.15) is 5.10 Å². The minimum absolute atomic E-state index is 0.412. The number of benzene rings is 3. The van der Waals surface area contributed by atoms with Crippen molar-refractivity contribution in [1.82, 2.24) is 5.43 Å². The number of nitrogens with zero attached hydrogens (tertiary/aromatic N) is 1. The predicted molar refractivity (Wildman–Crippen MR) is 121 cm³/mol. The average Bonchev–Trinajstić information content (AvgIpc) is 2.80. The summed E-state index contributed by atoms with van der Waals surface area (Å²) < 4.78 is 16.8. The summed E-state index contributed by atoms with van der Waals surface area (Å²) in [5.74, 6) is 2.14. The summed E-state index contributed by atoms with van der Waals surface area (Å²) in [6.45, 7) is 1.02. The Morgan fingerprint density at radius 2 is 1.65 bits per heavy atom. The van der Waals surface area contributed by atoms with E-state index in [1.165, 1.54) is 0 Å². The first-order valence-corrected chi connectivity index (χ1v) is 9.88. The number of hydrazone groups is 1. The maximum atomic E-state index is 11.8. The van der Waals surface area contributed by atoms with E-state index in [0.717, 1.165) is 17.7 Å². The van der Waals surface area contributed by atoms with E-state index >= 15 is 0 Å². The van der Waals surface area contributed by atoms with Gasteiger partial charge in [0.25, 0.3) is 0 Å². The van der Waals surface area contributed by atoms with Gasteiger partial charge in [0, 0.05) is 12.1 Å². The molecule has 0 atom stereocenters. The van der Waals surface area contributed by atoms with E-state index in [0.29, 0.717) is 30.4 Å². The van der Waals surface area contributed by atoms with Crippen LogP contribution in [0.2, 0.25) is 0 Å².